The molecule has 0 radical (unpaired) electrons. The van der Waals surface area contributed by atoms with Crippen LogP contribution in [-0.4, -0.2) is 35.5 Å². The zero-order valence-corrected chi connectivity index (χ0v) is 16.3. The van der Waals surface area contributed by atoms with Crippen LogP contribution in [0, 0.1) is 0 Å². The van der Waals surface area contributed by atoms with Crippen molar-refractivity contribution >= 4 is 23.6 Å². The van der Waals surface area contributed by atoms with E-state index < -0.39 is 29.1 Å². The quantitative estimate of drug-likeness (QED) is 0.755. The largest absolute Gasteiger partial charge is 0.469 e. The first-order valence-corrected chi connectivity index (χ1v) is 9.15. The molecule has 7 nitrogen and oxygen atoms in total. The number of furan rings is 1. The average molecular weight is 382 g/mol. The molecule has 2 aliphatic rings. The maximum Gasteiger partial charge on any atom is 0.418 e. The molecule has 0 N–H and O–H groups in total. The summed E-state index contributed by atoms with van der Waals surface area (Å²) in [6.07, 6.45) is 0.643. The van der Waals surface area contributed by atoms with Crippen LogP contribution in [-0.2, 0) is 19.9 Å². The summed E-state index contributed by atoms with van der Waals surface area (Å²) in [6, 6.07) is 10.6. The molecule has 28 heavy (non-hydrogen) atoms. The molecule has 2 aromatic rings. The van der Waals surface area contributed by atoms with Gasteiger partial charge in [-0.15, -0.1) is 0 Å². The van der Waals surface area contributed by atoms with Gasteiger partial charge in [0.25, 0.3) is 5.91 Å². The number of para-hydroxylation sites is 1. The Balaban J connectivity index is 1.96. The van der Waals surface area contributed by atoms with E-state index in [0.717, 1.165) is 4.90 Å². The normalized spacial score (nSPS) is 24.2. The van der Waals surface area contributed by atoms with E-state index in [-0.39, 0.29) is 12.3 Å². The Bertz CT molecular complexity index is 959. The number of hydrogen-bond acceptors (Lipinski definition) is 5. The lowest BCUT2D eigenvalue weighted by Gasteiger charge is -2.36. The van der Waals surface area contributed by atoms with Gasteiger partial charge in [-0.05, 0) is 39.0 Å². The summed E-state index contributed by atoms with van der Waals surface area (Å²) in [6.45, 7) is 5.16. The van der Waals surface area contributed by atoms with Crippen molar-refractivity contribution in [1.82, 2.24) is 4.90 Å². The summed E-state index contributed by atoms with van der Waals surface area (Å²) in [5, 5.41) is 0. The summed E-state index contributed by atoms with van der Waals surface area (Å²) < 4.78 is 11.1. The topological polar surface area (TPSA) is 80.1 Å². The third-order valence-corrected chi connectivity index (χ3v) is 5.25. The minimum absolute atomic E-state index is 0.0271. The number of amides is 3. The molecule has 146 valence electrons. The smallest absolute Gasteiger partial charge is 0.418 e. The van der Waals surface area contributed by atoms with Crippen molar-refractivity contribution in [2.24, 2.45) is 0 Å². The van der Waals surface area contributed by atoms with Gasteiger partial charge < -0.3 is 14.1 Å². The molecule has 3 heterocycles. The molecule has 3 amide bonds. The molecule has 1 aromatic heterocycles. The molecule has 0 saturated carbocycles. The number of likely N-dealkylation sites (N-methyl/N-ethyl adjacent to an activating group) is 1. The van der Waals surface area contributed by atoms with Gasteiger partial charge in [-0.3, -0.25) is 9.59 Å². The Morgan fingerprint density at radius 3 is 2.54 bits per heavy atom. The second-order valence-electron chi connectivity index (χ2n) is 8.13. The summed E-state index contributed by atoms with van der Waals surface area (Å²) >= 11 is 0. The minimum atomic E-state index is -1.53. The minimum Gasteiger partial charge on any atom is -0.469 e. The number of imide groups is 1. The number of ether oxygens (including phenoxy) is 1. The highest BCUT2D eigenvalue weighted by Gasteiger charge is 2.67. The molecule has 0 bridgehead atoms. The van der Waals surface area contributed by atoms with Crippen LogP contribution < -0.4 is 4.90 Å². The number of fused-ring (bicyclic) bond motifs is 2. The van der Waals surface area contributed by atoms with E-state index in [1.54, 1.807) is 58.2 Å². The fourth-order valence-electron chi connectivity index (χ4n) is 4.24. The maximum atomic E-state index is 13.6. The van der Waals surface area contributed by atoms with Gasteiger partial charge in [-0.2, -0.15) is 0 Å². The monoisotopic (exact) mass is 382 g/mol. The lowest BCUT2D eigenvalue weighted by Crippen LogP contribution is -2.55. The highest BCUT2D eigenvalue weighted by Crippen LogP contribution is 2.56. The Kier molecular flexibility index (Phi) is 3.89. The summed E-state index contributed by atoms with van der Waals surface area (Å²) in [5.74, 6) is -0.972. The van der Waals surface area contributed by atoms with Crippen LogP contribution in [0.2, 0.25) is 0 Å². The van der Waals surface area contributed by atoms with Crippen molar-refractivity contribution in [3.8, 4) is 0 Å². The van der Waals surface area contributed by atoms with Crippen molar-refractivity contribution in [3.63, 3.8) is 0 Å². The number of carbonyl (C=O) groups excluding carboxylic acids is 3. The number of carbonyl (C=O) groups is 3. The molecule has 0 unspecified atom stereocenters. The number of rotatable bonds is 1. The van der Waals surface area contributed by atoms with Crippen LogP contribution in [0.3, 0.4) is 0 Å². The molecule has 1 saturated heterocycles. The maximum absolute atomic E-state index is 13.6. The van der Waals surface area contributed by atoms with E-state index in [4.69, 9.17) is 9.15 Å². The Morgan fingerprint density at radius 1 is 1.18 bits per heavy atom. The van der Waals surface area contributed by atoms with Crippen LogP contribution in [0.1, 0.15) is 44.4 Å². The molecule has 7 heteroatoms. The molecular weight excluding hydrogens is 360 g/mol. The van der Waals surface area contributed by atoms with Crippen molar-refractivity contribution in [1.29, 1.82) is 0 Å². The summed E-state index contributed by atoms with van der Waals surface area (Å²) in [5.41, 5.74) is -1.08. The first kappa shape index (κ1) is 18.3. The average Bonchev–Trinajstić information content (AvgIpc) is 3.29. The first-order valence-electron chi connectivity index (χ1n) is 9.15. The van der Waals surface area contributed by atoms with Gasteiger partial charge >= 0.3 is 6.09 Å². The van der Waals surface area contributed by atoms with Crippen LogP contribution in [0.25, 0.3) is 0 Å². The highest BCUT2D eigenvalue weighted by molar-refractivity contribution is 6.14. The molecule has 2 atom stereocenters. The van der Waals surface area contributed by atoms with Crippen molar-refractivity contribution in [2.45, 2.75) is 44.2 Å². The van der Waals surface area contributed by atoms with Gasteiger partial charge in [0.1, 0.15) is 11.4 Å². The zero-order valence-electron chi connectivity index (χ0n) is 16.3. The van der Waals surface area contributed by atoms with E-state index >= 15 is 0 Å². The molecule has 1 fully saturated rings. The Morgan fingerprint density at radius 2 is 1.89 bits per heavy atom. The van der Waals surface area contributed by atoms with E-state index in [0.29, 0.717) is 17.0 Å². The second kappa shape index (κ2) is 5.95. The number of anilines is 1. The van der Waals surface area contributed by atoms with E-state index in [2.05, 4.69) is 0 Å². The van der Waals surface area contributed by atoms with E-state index in [1.807, 2.05) is 6.07 Å². The van der Waals surface area contributed by atoms with E-state index in [9.17, 15) is 14.4 Å². The van der Waals surface area contributed by atoms with Gasteiger partial charge in [0, 0.05) is 24.7 Å². The number of benzene rings is 1. The van der Waals surface area contributed by atoms with Gasteiger partial charge in [0.05, 0.1) is 12.2 Å². The molecule has 2 aliphatic heterocycles. The highest BCUT2D eigenvalue weighted by atomic mass is 16.6. The van der Waals surface area contributed by atoms with Gasteiger partial charge in [-0.1, -0.05) is 18.2 Å². The second-order valence-corrected chi connectivity index (χ2v) is 8.13. The van der Waals surface area contributed by atoms with Gasteiger partial charge in [0.2, 0.25) is 5.91 Å². The fourth-order valence-corrected chi connectivity index (χ4v) is 4.24. The molecule has 4 rings (SSSR count). The third-order valence-electron chi connectivity index (χ3n) is 5.25. The fraction of sp³-hybridized carbons (Fsp3) is 0.381. The lowest BCUT2D eigenvalue weighted by molar-refractivity contribution is -0.139. The predicted molar refractivity (Wildman–Crippen MR) is 101 cm³/mol. The molecular formula is C21H22N2O5. The molecule has 0 aliphatic carbocycles. The van der Waals surface area contributed by atoms with Crippen LogP contribution in [0.15, 0.2) is 47.1 Å². The van der Waals surface area contributed by atoms with Gasteiger partial charge in [-0.25, -0.2) is 9.69 Å². The summed E-state index contributed by atoms with van der Waals surface area (Å²) in [4.78, 5) is 42.2. The standard InChI is InChI=1S/C21H22N2O5/c1-20(2,3)28-19(26)23-17(24)12-14(16-10-7-11-27-16)21(23)13-8-5-6-9-15(13)22(4)18(21)25/h5-11,14H,12H2,1-4H3/t14-,21-/m1/s1. The van der Waals surface area contributed by atoms with Crippen LogP contribution in [0.4, 0.5) is 10.5 Å². The predicted octanol–water partition coefficient (Wildman–Crippen LogP) is 3.40. The Hall–Kier alpha value is -3.09. The van der Waals surface area contributed by atoms with Crippen LogP contribution in [0.5, 0.6) is 0 Å². The number of nitrogens with zero attached hydrogens (tertiary/aromatic N) is 2. The SMILES string of the molecule is CN1C(=O)[C@@]2(c3ccccc31)[C@@H](c1ccco1)CC(=O)N2C(=O)OC(C)(C)C. The number of hydrogen-bond donors (Lipinski definition) is 0. The number of likely N-dealkylation sites (tertiary alicyclic amines) is 1. The third kappa shape index (κ3) is 2.38. The van der Waals surface area contributed by atoms with Crippen molar-refractivity contribution in [3.05, 3.63) is 54.0 Å². The zero-order chi connectivity index (χ0) is 20.3. The lowest BCUT2D eigenvalue weighted by atomic mass is 9.78. The molecule has 1 spiro atoms. The first-order chi connectivity index (χ1) is 13.2. The summed E-state index contributed by atoms with van der Waals surface area (Å²) in [7, 11) is 1.64. The van der Waals surface area contributed by atoms with Gasteiger partial charge in [0.15, 0.2) is 5.54 Å². The molecule has 1 aromatic carbocycles. The van der Waals surface area contributed by atoms with Crippen LogP contribution >= 0.6 is 0 Å². The van der Waals surface area contributed by atoms with Crippen molar-refractivity contribution < 1.29 is 23.5 Å². The van der Waals surface area contributed by atoms with Crippen molar-refractivity contribution in [2.75, 3.05) is 11.9 Å². The Labute approximate surface area is 162 Å². The van der Waals surface area contributed by atoms with E-state index in [1.165, 1.54) is 11.2 Å².